The Morgan fingerprint density at radius 2 is 1.67 bits per heavy atom. The number of nitrogens with two attached hydrogens (primary N) is 1. The van der Waals surface area contributed by atoms with Gasteiger partial charge in [-0.2, -0.15) is 0 Å². The summed E-state index contributed by atoms with van der Waals surface area (Å²) in [5.74, 6) is 1.24. The Morgan fingerprint density at radius 3 is 2.37 bits per heavy atom. The molecule has 0 bridgehead atoms. The molecule has 0 amide bonds. The zero-order valence-corrected chi connectivity index (χ0v) is 17.1. The molecule has 2 N–H and O–H groups in total. The SMILES string of the molecule is CC(C)c1nnc2c3cc(-c4ccccc4)c(-c4ccc(CN)cc4)nc3ccn12. The fraction of sp³-hybridized carbons (Fsp3) is 0.160. The smallest absolute Gasteiger partial charge is 0.170 e. The van der Waals surface area contributed by atoms with Crippen LogP contribution in [0.3, 0.4) is 0 Å². The lowest BCUT2D eigenvalue weighted by atomic mass is 9.97. The molecule has 0 spiro atoms. The molecular weight excluding hydrogens is 370 g/mol. The highest BCUT2D eigenvalue weighted by Crippen LogP contribution is 2.34. The molecule has 0 fully saturated rings. The maximum absolute atomic E-state index is 5.78. The normalized spacial score (nSPS) is 11.6. The highest BCUT2D eigenvalue weighted by atomic mass is 15.2. The fourth-order valence-corrected chi connectivity index (χ4v) is 3.86. The number of fused-ring (bicyclic) bond motifs is 3. The van der Waals surface area contributed by atoms with E-state index in [1.54, 1.807) is 0 Å². The molecule has 0 aliphatic rings. The summed E-state index contributed by atoms with van der Waals surface area (Å²) in [6.07, 6.45) is 2.02. The van der Waals surface area contributed by atoms with Gasteiger partial charge < -0.3 is 5.73 Å². The van der Waals surface area contributed by atoms with Crippen LogP contribution in [0.15, 0.2) is 72.9 Å². The van der Waals surface area contributed by atoms with Crippen LogP contribution in [0.2, 0.25) is 0 Å². The van der Waals surface area contributed by atoms with Gasteiger partial charge in [-0.15, -0.1) is 10.2 Å². The molecule has 5 heteroatoms. The van der Waals surface area contributed by atoms with Gasteiger partial charge in [0, 0.05) is 35.2 Å². The predicted octanol–water partition coefficient (Wildman–Crippen LogP) is 5.19. The second-order valence-electron chi connectivity index (χ2n) is 7.81. The van der Waals surface area contributed by atoms with Crippen LogP contribution in [0.5, 0.6) is 0 Å². The van der Waals surface area contributed by atoms with Crippen molar-refractivity contribution in [2.45, 2.75) is 26.3 Å². The average molecular weight is 393 g/mol. The quantitative estimate of drug-likeness (QED) is 0.456. The number of hydrogen-bond acceptors (Lipinski definition) is 4. The monoisotopic (exact) mass is 393 g/mol. The molecule has 3 heterocycles. The van der Waals surface area contributed by atoms with Crippen molar-refractivity contribution in [1.82, 2.24) is 19.6 Å². The van der Waals surface area contributed by atoms with Gasteiger partial charge in [0.05, 0.1) is 11.2 Å². The molecule has 0 unspecified atom stereocenters. The minimum atomic E-state index is 0.291. The average Bonchev–Trinajstić information content (AvgIpc) is 3.24. The van der Waals surface area contributed by atoms with Gasteiger partial charge in [-0.25, -0.2) is 4.98 Å². The van der Waals surface area contributed by atoms with Crippen molar-refractivity contribution < 1.29 is 0 Å². The van der Waals surface area contributed by atoms with Gasteiger partial charge in [0.1, 0.15) is 5.82 Å². The summed E-state index contributed by atoms with van der Waals surface area (Å²) in [6.45, 7) is 4.78. The molecule has 30 heavy (non-hydrogen) atoms. The van der Waals surface area contributed by atoms with E-state index in [0.29, 0.717) is 12.5 Å². The predicted molar refractivity (Wildman–Crippen MR) is 121 cm³/mol. The van der Waals surface area contributed by atoms with Crippen LogP contribution in [0, 0.1) is 0 Å². The zero-order valence-electron chi connectivity index (χ0n) is 17.1. The third kappa shape index (κ3) is 3.04. The summed E-state index contributed by atoms with van der Waals surface area (Å²) < 4.78 is 2.07. The van der Waals surface area contributed by atoms with Gasteiger partial charge in [-0.1, -0.05) is 68.4 Å². The minimum Gasteiger partial charge on any atom is -0.326 e. The third-order valence-corrected chi connectivity index (χ3v) is 5.46. The van der Waals surface area contributed by atoms with Crippen LogP contribution in [0.1, 0.15) is 31.2 Å². The third-order valence-electron chi connectivity index (χ3n) is 5.46. The summed E-state index contributed by atoms with van der Waals surface area (Å²) in [5, 5.41) is 9.91. The lowest BCUT2D eigenvalue weighted by Gasteiger charge is -2.13. The van der Waals surface area contributed by atoms with E-state index in [2.05, 4.69) is 83.0 Å². The molecule has 0 saturated heterocycles. The topological polar surface area (TPSA) is 69.1 Å². The lowest BCUT2D eigenvalue weighted by Crippen LogP contribution is -1.98. The molecule has 2 aromatic carbocycles. The molecule has 148 valence electrons. The first-order valence-corrected chi connectivity index (χ1v) is 10.2. The molecule has 5 nitrogen and oxygen atoms in total. The Kier molecular flexibility index (Phi) is 4.52. The number of hydrogen-bond donors (Lipinski definition) is 1. The second kappa shape index (κ2) is 7.35. The number of rotatable bonds is 4. The van der Waals surface area contributed by atoms with E-state index in [1.807, 2.05) is 18.3 Å². The van der Waals surface area contributed by atoms with Crippen molar-refractivity contribution in [3.8, 4) is 22.4 Å². The highest BCUT2D eigenvalue weighted by Gasteiger charge is 2.16. The van der Waals surface area contributed by atoms with E-state index >= 15 is 0 Å². The summed E-state index contributed by atoms with van der Waals surface area (Å²) in [4.78, 5) is 5.07. The number of pyridine rings is 2. The van der Waals surface area contributed by atoms with Gasteiger partial charge in [-0.05, 0) is 23.3 Å². The summed E-state index contributed by atoms with van der Waals surface area (Å²) in [6, 6.07) is 22.9. The van der Waals surface area contributed by atoms with Crippen molar-refractivity contribution in [3.63, 3.8) is 0 Å². The highest BCUT2D eigenvalue weighted by molar-refractivity contribution is 5.98. The molecule has 0 radical (unpaired) electrons. The zero-order chi connectivity index (χ0) is 20.7. The van der Waals surface area contributed by atoms with E-state index in [9.17, 15) is 0 Å². The van der Waals surface area contributed by atoms with Crippen molar-refractivity contribution in [1.29, 1.82) is 0 Å². The lowest BCUT2D eigenvalue weighted by molar-refractivity contribution is 0.759. The van der Waals surface area contributed by atoms with Crippen molar-refractivity contribution in [2.75, 3.05) is 0 Å². The molecule has 5 rings (SSSR count). The maximum atomic E-state index is 5.78. The summed E-state index contributed by atoms with van der Waals surface area (Å²) in [5.41, 5.74) is 12.8. The van der Waals surface area contributed by atoms with E-state index in [-0.39, 0.29) is 0 Å². The first-order valence-electron chi connectivity index (χ1n) is 10.2. The largest absolute Gasteiger partial charge is 0.326 e. The molecule has 3 aromatic heterocycles. The molecule has 0 aliphatic heterocycles. The summed E-state index contributed by atoms with van der Waals surface area (Å²) in [7, 11) is 0. The first-order chi connectivity index (χ1) is 14.7. The van der Waals surface area contributed by atoms with Crippen LogP contribution in [0.4, 0.5) is 0 Å². The van der Waals surface area contributed by atoms with Crippen molar-refractivity contribution in [2.24, 2.45) is 5.73 Å². The van der Waals surface area contributed by atoms with E-state index < -0.39 is 0 Å². The van der Waals surface area contributed by atoms with Crippen LogP contribution >= 0.6 is 0 Å². The molecule has 5 aromatic rings. The van der Waals surface area contributed by atoms with Gasteiger partial charge in [-0.3, -0.25) is 4.40 Å². The standard InChI is InChI=1S/C25H23N5/c1-16(2)24-28-29-25-21-14-20(18-6-4-3-5-7-18)23(27-22(21)12-13-30(24)25)19-10-8-17(15-26)9-11-19/h3-14,16H,15,26H2,1-2H3. The van der Waals surface area contributed by atoms with Crippen LogP contribution in [0.25, 0.3) is 38.9 Å². The molecular formula is C25H23N5. The summed E-state index contributed by atoms with van der Waals surface area (Å²) >= 11 is 0. The van der Waals surface area contributed by atoms with E-state index in [0.717, 1.165) is 50.3 Å². The van der Waals surface area contributed by atoms with Gasteiger partial charge in [0.15, 0.2) is 5.65 Å². The number of benzene rings is 2. The van der Waals surface area contributed by atoms with Crippen molar-refractivity contribution >= 4 is 16.6 Å². The fourth-order valence-electron chi connectivity index (χ4n) is 3.86. The van der Waals surface area contributed by atoms with Crippen LogP contribution in [-0.4, -0.2) is 19.6 Å². The Bertz CT molecular complexity index is 1340. The first kappa shape index (κ1) is 18.5. The van der Waals surface area contributed by atoms with E-state index in [1.165, 1.54) is 0 Å². The molecule has 0 saturated carbocycles. The Morgan fingerprint density at radius 1 is 0.900 bits per heavy atom. The number of nitrogens with zero attached hydrogens (tertiary/aromatic N) is 4. The van der Waals surface area contributed by atoms with E-state index in [4.69, 9.17) is 10.7 Å². The minimum absolute atomic E-state index is 0.291. The van der Waals surface area contributed by atoms with Gasteiger partial charge in [0.2, 0.25) is 0 Å². The Labute approximate surface area is 175 Å². The Hall–Kier alpha value is -3.57. The van der Waals surface area contributed by atoms with Crippen LogP contribution in [-0.2, 0) is 6.54 Å². The molecule has 0 aliphatic carbocycles. The van der Waals surface area contributed by atoms with Gasteiger partial charge in [0.25, 0.3) is 0 Å². The molecule has 0 atom stereocenters. The maximum Gasteiger partial charge on any atom is 0.170 e. The second-order valence-corrected chi connectivity index (χ2v) is 7.81. The Balaban J connectivity index is 1.81. The van der Waals surface area contributed by atoms with Crippen molar-refractivity contribution in [3.05, 3.63) is 84.3 Å². The van der Waals surface area contributed by atoms with Crippen LogP contribution < -0.4 is 5.73 Å². The number of aromatic nitrogens is 4. The van der Waals surface area contributed by atoms with Gasteiger partial charge >= 0.3 is 0 Å².